The lowest BCUT2D eigenvalue weighted by molar-refractivity contribution is -0.121. The minimum Gasteiger partial charge on any atom is -0.494 e. The summed E-state index contributed by atoms with van der Waals surface area (Å²) in [5.41, 5.74) is 0.618. The molecule has 0 aromatic heterocycles. The topological polar surface area (TPSA) is 58.6 Å². The lowest BCUT2D eigenvalue weighted by Gasteiger charge is -2.36. The third-order valence-electron chi connectivity index (χ3n) is 5.67. The molecule has 1 aliphatic carbocycles. The molecular formula is C20H28N2O3. The Morgan fingerprint density at radius 3 is 2.56 bits per heavy atom. The van der Waals surface area contributed by atoms with E-state index in [-0.39, 0.29) is 18.2 Å². The zero-order chi connectivity index (χ0) is 18.0. The zero-order valence-corrected chi connectivity index (χ0v) is 15.3. The second-order valence-corrected chi connectivity index (χ2v) is 7.29. The van der Waals surface area contributed by atoms with Crippen LogP contribution < -0.4 is 15.0 Å². The SMILES string of the molecule is CCOc1ccc(N2C(=O)C[C@H](N[C@H]3CCC[C@H](C)[C@@H]3C)C2=O)cc1. The minimum absolute atomic E-state index is 0.136. The molecule has 1 aromatic carbocycles. The number of nitrogens with one attached hydrogen (secondary N) is 1. The molecule has 1 aromatic rings. The van der Waals surface area contributed by atoms with E-state index in [1.54, 1.807) is 24.3 Å². The molecule has 1 saturated carbocycles. The highest BCUT2D eigenvalue weighted by Gasteiger charge is 2.41. The van der Waals surface area contributed by atoms with Crippen molar-refractivity contribution < 1.29 is 14.3 Å². The molecule has 1 aliphatic heterocycles. The molecular weight excluding hydrogens is 316 g/mol. The van der Waals surface area contributed by atoms with Crippen LogP contribution in [0.4, 0.5) is 5.69 Å². The van der Waals surface area contributed by atoms with E-state index in [0.717, 1.165) is 12.2 Å². The summed E-state index contributed by atoms with van der Waals surface area (Å²) in [6, 6.07) is 7.04. The summed E-state index contributed by atoms with van der Waals surface area (Å²) in [7, 11) is 0. The number of nitrogens with zero attached hydrogens (tertiary/aromatic N) is 1. The highest BCUT2D eigenvalue weighted by molar-refractivity contribution is 6.22. The van der Waals surface area contributed by atoms with Crippen LogP contribution in [-0.4, -0.2) is 30.5 Å². The predicted octanol–water partition coefficient (Wildman–Crippen LogP) is 3.13. The molecule has 1 saturated heterocycles. The summed E-state index contributed by atoms with van der Waals surface area (Å²) in [6.07, 6.45) is 3.74. The van der Waals surface area contributed by atoms with Crippen LogP contribution in [0.25, 0.3) is 0 Å². The first-order valence-corrected chi connectivity index (χ1v) is 9.37. The first kappa shape index (κ1) is 17.9. The molecule has 1 heterocycles. The molecule has 0 bridgehead atoms. The maximum absolute atomic E-state index is 12.8. The summed E-state index contributed by atoms with van der Waals surface area (Å²) in [5, 5.41) is 3.47. The van der Waals surface area contributed by atoms with Crippen molar-refractivity contribution >= 4 is 17.5 Å². The average molecular weight is 344 g/mol. The molecule has 25 heavy (non-hydrogen) atoms. The number of amides is 2. The molecule has 5 nitrogen and oxygen atoms in total. The second-order valence-electron chi connectivity index (χ2n) is 7.29. The van der Waals surface area contributed by atoms with Crippen LogP contribution in [0.5, 0.6) is 5.75 Å². The van der Waals surface area contributed by atoms with Crippen molar-refractivity contribution in [1.82, 2.24) is 5.32 Å². The Labute approximate surface area is 149 Å². The van der Waals surface area contributed by atoms with Crippen molar-refractivity contribution in [2.75, 3.05) is 11.5 Å². The Bertz CT molecular complexity index is 628. The van der Waals surface area contributed by atoms with Crippen LogP contribution in [0, 0.1) is 11.8 Å². The van der Waals surface area contributed by atoms with E-state index in [1.165, 1.54) is 17.7 Å². The van der Waals surface area contributed by atoms with Gasteiger partial charge in [0.15, 0.2) is 0 Å². The Morgan fingerprint density at radius 2 is 1.88 bits per heavy atom. The Balaban J connectivity index is 1.69. The van der Waals surface area contributed by atoms with E-state index in [0.29, 0.717) is 30.2 Å². The van der Waals surface area contributed by atoms with E-state index in [2.05, 4.69) is 19.2 Å². The summed E-state index contributed by atoms with van der Waals surface area (Å²) < 4.78 is 5.42. The van der Waals surface area contributed by atoms with Gasteiger partial charge in [0.05, 0.1) is 24.8 Å². The van der Waals surface area contributed by atoms with Gasteiger partial charge in [-0.15, -0.1) is 0 Å². The standard InChI is InChI=1S/C20H28N2O3/c1-4-25-16-10-8-15(9-11-16)22-19(23)12-18(20(22)24)21-17-7-5-6-13(2)14(17)3/h8-11,13-14,17-18,21H,4-7,12H2,1-3H3/t13-,14-,17-,18-/m0/s1. The number of rotatable bonds is 5. The molecule has 2 aliphatic rings. The van der Waals surface area contributed by atoms with E-state index >= 15 is 0 Å². The van der Waals surface area contributed by atoms with Crippen LogP contribution in [0.15, 0.2) is 24.3 Å². The van der Waals surface area contributed by atoms with E-state index < -0.39 is 6.04 Å². The van der Waals surface area contributed by atoms with Gasteiger partial charge in [-0.1, -0.05) is 26.7 Å². The third kappa shape index (κ3) is 3.71. The van der Waals surface area contributed by atoms with Gasteiger partial charge < -0.3 is 10.1 Å². The number of hydrogen-bond donors (Lipinski definition) is 1. The maximum Gasteiger partial charge on any atom is 0.251 e. The van der Waals surface area contributed by atoms with Gasteiger partial charge in [-0.05, 0) is 49.4 Å². The lowest BCUT2D eigenvalue weighted by Crippen LogP contribution is -2.48. The van der Waals surface area contributed by atoms with E-state index in [9.17, 15) is 9.59 Å². The van der Waals surface area contributed by atoms with Crippen LogP contribution in [-0.2, 0) is 9.59 Å². The Hall–Kier alpha value is -1.88. The summed E-state index contributed by atoms with van der Waals surface area (Å²) in [4.78, 5) is 26.5. The van der Waals surface area contributed by atoms with Gasteiger partial charge in [-0.25, -0.2) is 4.90 Å². The van der Waals surface area contributed by atoms with E-state index in [1.807, 2.05) is 6.92 Å². The predicted molar refractivity (Wildman–Crippen MR) is 97.6 cm³/mol. The fraction of sp³-hybridized carbons (Fsp3) is 0.600. The molecule has 0 unspecified atom stereocenters. The maximum atomic E-state index is 12.8. The fourth-order valence-corrected chi connectivity index (χ4v) is 3.97. The molecule has 3 rings (SSSR count). The van der Waals surface area contributed by atoms with Gasteiger partial charge in [0.1, 0.15) is 5.75 Å². The first-order chi connectivity index (χ1) is 12.0. The van der Waals surface area contributed by atoms with Crippen molar-refractivity contribution in [3.8, 4) is 5.75 Å². The normalized spacial score (nSPS) is 30.0. The number of imide groups is 1. The molecule has 1 N–H and O–H groups in total. The largest absolute Gasteiger partial charge is 0.494 e. The van der Waals surface area contributed by atoms with Gasteiger partial charge >= 0.3 is 0 Å². The number of hydrogen-bond acceptors (Lipinski definition) is 4. The van der Waals surface area contributed by atoms with Crippen LogP contribution in [0.2, 0.25) is 0 Å². The lowest BCUT2D eigenvalue weighted by atomic mass is 9.78. The van der Waals surface area contributed by atoms with Gasteiger partial charge in [0.2, 0.25) is 5.91 Å². The second kappa shape index (κ2) is 7.56. The monoisotopic (exact) mass is 344 g/mol. The number of anilines is 1. The smallest absolute Gasteiger partial charge is 0.251 e. The highest BCUT2D eigenvalue weighted by Crippen LogP contribution is 2.31. The summed E-state index contributed by atoms with van der Waals surface area (Å²) in [6.45, 7) is 7.02. The first-order valence-electron chi connectivity index (χ1n) is 9.37. The summed E-state index contributed by atoms with van der Waals surface area (Å²) in [5.74, 6) is 1.64. The van der Waals surface area contributed by atoms with Crippen molar-refractivity contribution in [2.24, 2.45) is 11.8 Å². The summed E-state index contributed by atoms with van der Waals surface area (Å²) >= 11 is 0. The molecule has 0 spiro atoms. The van der Waals surface area contributed by atoms with Gasteiger partial charge in [0.25, 0.3) is 5.91 Å². The minimum atomic E-state index is -0.406. The average Bonchev–Trinajstić information content (AvgIpc) is 2.87. The molecule has 0 radical (unpaired) electrons. The number of carbonyl (C=O) groups is 2. The van der Waals surface area contributed by atoms with Crippen LogP contribution >= 0.6 is 0 Å². The Kier molecular flexibility index (Phi) is 5.42. The fourth-order valence-electron chi connectivity index (χ4n) is 3.97. The van der Waals surface area contributed by atoms with Gasteiger partial charge in [0, 0.05) is 6.04 Å². The van der Waals surface area contributed by atoms with Crippen molar-refractivity contribution in [3.63, 3.8) is 0 Å². The van der Waals surface area contributed by atoms with Gasteiger partial charge in [-0.2, -0.15) is 0 Å². The molecule has 5 heteroatoms. The Morgan fingerprint density at radius 1 is 1.16 bits per heavy atom. The van der Waals surface area contributed by atoms with Crippen molar-refractivity contribution in [1.29, 1.82) is 0 Å². The highest BCUT2D eigenvalue weighted by atomic mass is 16.5. The quantitative estimate of drug-likeness (QED) is 0.834. The van der Waals surface area contributed by atoms with Crippen LogP contribution in [0.1, 0.15) is 46.5 Å². The van der Waals surface area contributed by atoms with Crippen molar-refractivity contribution in [2.45, 2.75) is 58.5 Å². The van der Waals surface area contributed by atoms with E-state index in [4.69, 9.17) is 4.74 Å². The van der Waals surface area contributed by atoms with Crippen molar-refractivity contribution in [3.05, 3.63) is 24.3 Å². The third-order valence-corrected chi connectivity index (χ3v) is 5.67. The van der Waals surface area contributed by atoms with Gasteiger partial charge in [-0.3, -0.25) is 9.59 Å². The number of benzene rings is 1. The number of carbonyl (C=O) groups excluding carboxylic acids is 2. The zero-order valence-electron chi connectivity index (χ0n) is 15.3. The number of ether oxygens (including phenoxy) is 1. The van der Waals surface area contributed by atoms with Crippen LogP contribution in [0.3, 0.4) is 0 Å². The molecule has 136 valence electrons. The molecule has 2 amide bonds. The molecule has 2 fully saturated rings. The molecule has 4 atom stereocenters.